The fraction of sp³-hybridized carbons (Fsp3) is 0.813. The van der Waals surface area contributed by atoms with Gasteiger partial charge in [0.05, 0.1) is 26.4 Å². The molecule has 0 aromatic rings. The first-order chi connectivity index (χ1) is 45.7. The second-order valence-corrected chi connectivity index (χ2v) is 28.1. The number of ether oxygens (including phenoxy) is 4. The molecule has 94 heavy (non-hydrogen) atoms. The molecule has 0 fully saturated rings. The molecule has 0 aliphatic heterocycles. The van der Waals surface area contributed by atoms with E-state index < -0.39 is 97.5 Å². The van der Waals surface area contributed by atoms with Crippen LogP contribution < -0.4 is 0 Å². The van der Waals surface area contributed by atoms with Gasteiger partial charge in [0, 0.05) is 25.7 Å². The van der Waals surface area contributed by atoms with Crippen molar-refractivity contribution in [2.24, 2.45) is 0 Å². The third-order valence-corrected chi connectivity index (χ3v) is 17.9. The van der Waals surface area contributed by atoms with E-state index in [2.05, 4.69) is 88.5 Å². The summed E-state index contributed by atoms with van der Waals surface area (Å²) < 4.78 is 68.3. The highest BCUT2D eigenvalue weighted by atomic mass is 31.2. The van der Waals surface area contributed by atoms with Crippen LogP contribution in [-0.4, -0.2) is 96.7 Å². The largest absolute Gasteiger partial charge is 0.472 e. The molecule has 0 bridgehead atoms. The second-order valence-electron chi connectivity index (χ2n) is 25.2. The summed E-state index contributed by atoms with van der Waals surface area (Å²) in [6, 6.07) is 0. The van der Waals surface area contributed by atoms with Crippen molar-refractivity contribution < 1.29 is 80.2 Å². The quantitative estimate of drug-likeness (QED) is 0.0169. The summed E-state index contributed by atoms with van der Waals surface area (Å²) >= 11 is 0. The molecule has 0 radical (unpaired) electrons. The third kappa shape index (κ3) is 67.3. The summed E-state index contributed by atoms with van der Waals surface area (Å²) in [6.45, 7) is 4.71. The highest BCUT2D eigenvalue weighted by molar-refractivity contribution is 7.47. The van der Waals surface area contributed by atoms with Gasteiger partial charge in [0.1, 0.15) is 19.3 Å². The predicted octanol–water partition coefficient (Wildman–Crippen LogP) is 21.1. The standard InChI is InChI=1S/C75H136O17P2/c1-5-9-13-17-21-25-29-32-34-37-41-44-48-52-56-60-73(78)86-66-71(92-75(80)62-58-54-50-46-42-38-35-33-30-26-22-18-14-10-6-2)68-90-94(83,84)88-64-69(76)63-87-93(81,82)89-67-70(91-74(79)61-57-53-49-45-39-28-24-20-16-12-8-4)65-85-72(77)59-55-51-47-43-40-36-31-27-23-19-15-11-7-3/h9,13,20-21,24-25,32,34,41,44,69-71,76H,5-8,10-12,14-19,22-23,26-31,33,35-40,42-43,45-68H2,1-4H3,(H,81,82)(H,83,84)/b13-9-,24-20-,25-21-,34-32-,44-41-. The van der Waals surface area contributed by atoms with Gasteiger partial charge in [-0.2, -0.15) is 0 Å². The maximum atomic E-state index is 13.1. The maximum absolute atomic E-state index is 13.1. The lowest BCUT2D eigenvalue weighted by molar-refractivity contribution is -0.161. The Morgan fingerprint density at radius 1 is 0.309 bits per heavy atom. The number of carbonyl (C=O) groups excluding carboxylic acids is 4. The van der Waals surface area contributed by atoms with Crippen molar-refractivity contribution in [2.75, 3.05) is 39.6 Å². The lowest BCUT2D eigenvalue weighted by Gasteiger charge is -2.21. The van der Waals surface area contributed by atoms with Gasteiger partial charge in [0.15, 0.2) is 12.2 Å². The number of unbranched alkanes of at least 4 members (excludes halogenated alkanes) is 35. The van der Waals surface area contributed by atoms with Crippen LogP contribution in [-0.2, 0) is 65.4 Å². The molecule has 0 rings (SSSR count). The molecule has 0 aromatic heterocycles. The summed E-state index contributed by atoms with van der Waals surface area (Å²) in [5.41, 5.74) is 0. The fourth-order valence-electron chi connectivity index (χ4n) is 10.3. The van der Waals surface area contributed by atoms with E-state index in [4.69, 9.17) is 37.0 Å². The van der Waals surface area contributed by atoms with Gasteiger partial charge in [0.2, 0.25) is 0 Å². The maximum Gasteiger partial charge on any atom is 0.472 e. The van der Waals surface area contributed by atoms with Crippen LogP contribution in [0.25, 0.3) is 0 Å². The molecule has 5 unspecified atom stereocenters. The van der Waals surface area contributed by atoms with Gasteiger partial charge in [-0.1, -0.05) is 288 Å². The number of phosphoric acid groups is 2. The Morgan fingerprint density at radius 2 is 0.564 bits per heavy atom. The molecule has 0 amide bonds. The fourth-order valence-corrected chi connectivity index (χ4v) is 11.8. The van der Waals surface area contributed by atoms with Crippen LogP contribution in [0.1, 0.15) is 336 Å². The Morgan fingerprint density at radius 3 is 0.915 bits per heavy atom. The number of phosphoric ester groups is 2. The van der Waals surface area contributed by atoms with Crippen LogP contribution in [0.2, 0.25) is 0 Å². The molecule has 0 heterocycles. The Labute approximate surface area is 571 Å². The van der Waals surface area contributed by atoms with E-state index >= 15 is 0 Å². The van der Waals surface area contributed by atoms with E-state index in [9.17, 15) is 43.2 Å². The third-order valence-electron chi connectivity index (χ3n) is 16.0. The van der Waals surface area contributed by atoms with Gasteiger partial charge in [-0.25, -0.2) is 9.13 Å². The van der Waals surface area contributed by atoms with Crippen LogP contribution in [0.15, 0.2) is 60.8 Å². The molecule has 0 aromatic carbocycles. The molecule has 0 saturated carbocycles. The van der Waals surface area contributed by atoms with Gasteiger partial charge < -0.3 is 33.8 Å². The monoisotopic (exact) mass is 1370 g/mol. The molecule has 0 spiro atoms. The first-order valence-electron chi connectivity index (χ1n) is 37.5. The number of allylic oxidation sites excluding steroid dienone is 10. The zero-order chi connectivity index (χ0) is 69.0. The minimum absolute atomic E-state index is 0.0890. The normalized spacial score (nSPS) is 14.3. The summed E-state index contributed by atoms with van der Waals surface area (Å²) in [4.78, 5) is 72.7. The molecule has 548 valence electrons. The van der Waals surface area contributed by atoms with Gasteiger partial charge in [-0.3, -0.25) is 37.3 Å². The first-order valence-corrected chi connectivity index (χ1v) is 40.5. The minimum atomic E-state index is -4.97. The first kappa shape index (κ1) is 90.8. The molecule has 0 aliphatic carbocycles. The highest BCUT2D eigenvalue weighted by Crippen LogP contribution is 2.45. The Hall–Kier alpha value is -3.24. The number of hydrogen-bond donors (Lipinski definition) is 3. The van der Waals surface area contributed by atoms with Gasteiger partial charge in [-0.15, -0.1) is 0 Å². The predicted molar refractivity (Wildman–Crippen MR) is 381 cm³/mol. The zero-order valence-corrected chi connectivity index (χ0v) is 61.4. The molecular formula is C75H136O17P2. The minimum Gasteiger partial charge on any atom is -0.462 e. The van der Waals surface area contributed by atoms with Crippen molar-refractivity contribution in [2.45, 2.75) is 354 Å². The van der Waals surface area contributed by atoms with Crippen molar-refractivity contribution in [3.05, 3.63) is 60.8 Å². The second kappa shape index (κ2) is 68.3. The van der Waals surface area contributed by atoms with Crippen molar-refractivity contribution in [1.82, 2.24) is 0 Å². The van der Waals surface area contributed by atoms with E-state index in [0.717, 1.165) is 122 Å². The Balaban J connectivity index is 5.33. The summed E-state index contributed by atoms with van der Waals surface area (Å²) in [5.74, 6) is -2.20. The number of aliphatic hydroxyl groups is 1. The molecule has 5 atom stereocenters. The van der Waals surface area contributed by atoms with E-state index in [1.807, 2.05) is 0 Å². The van der Waals surface area contributed by atoms with E-state index in [1.54, 1.807) is 0 Å². The van der Waals surface area contributed by atoms with E-state index in [-0.39, 0.29) is 25.7 Å². The van der Waals surface area contributed by atoms with E-state index in [1.165, 1.54) is 135 Å². The van der Waals surface area contributed by atoms with Crippen LogP contribution in [0.3, 0.4) is 0 Å². The van der Waals surface area contributed by atoms with Crippen LogP contribution in [0, 0.1) is 0 Å². The van der Waals surface area contributed by atoms with Crippen molar-refractivity contribution in [3.63, 3.8) is 0 Å². The SMILES string of the molecule is CC/C=C\C/C=C\C/C=C\C/C=C\CCCCC(=O)OCC(COP(=O)(O)OCC(O)COP(=O)(O)OCC(COC(=O)CCCCCCCCCCCCCCC)OC(=O)CCCCCCC/C=C\CCCC)OC(=O)CCCCCCCCCCCCCCCCC. The Kier molecular flexibility index (Phi) is 65.9. The molecule has 3 N–H and O–H groups in total. The number of carbonyl (C=O) groups is 4. The number of hydrogen-bond acceptors (Lipinski definition) is 15. The van der Waals surface area contributed by atoms with Gasteiger partial charge in [-0.05, 0) is 83.5 Å². The summed E-state index contributed by atoms with van der Waals surface area (Å²) in [5, 5.41) is 10.6. The summed E-state index contributed by atoms with van der Waals surface area (Å²) in [7, 11) is -9.94. The number of rotatable bonds is 71. The van der Waals surface area contributed by atoms with Gasteiger partial charge >= 0.3 is 39.5 Å². The zero-order valence-electron chi connectivity index (χ0n) is 59.6. The van der Waals surface area contributed by atoms with Crippen molar-refractivity contribution in [1.29, 1.82) is 0 Å². The molecule has 19 heteroatoms. The molecule has 17 nitrogen and oxygen atoms in total. The highest BCUT2D eigenvalue weighted by Gasteiger charge is 2.30. The molecule has 0 aliphatic rings. The van der Waals surface area contributed by atoms with E-state index in [0.29, 0.717) is 25.7 Å². The summed E-state index contributed by atoms with van der Waals surface area (Å²) in [6.07, 6.45) is 65.1. The number of esters is 4. The van der Waals surface area contributed by atoms with Crippen molar-refractivity contribution >= 4 is 39.5 Å². The lowest BCUT2D eigenvalue weighted by Crippen LogP contribution is -2.30. The molecule has 0 saturated heterocycles. The average Bonchev–Trinajstić information content (AvgIpc) is 1.36. The van der Waals surface area contributed by atoms with Crippen LogP contribution in [0.4, 0.5) is 0 Å². The molecular weight excluding hydrogens is 1230 g/mol. The van der Waals surface area contributed by atoms with Crippen LogP contribution in [0.5, 0.6) is 0 Å². The van der Waals surface area contributed by atoms with Crippen LogP contribution >= 0.6 is 15.6 Å². The topological polar surface area (TPSA) is 237 Å². The number of aliphatic hydroxyl groups excluding tert-OH is 1. The smallest absolute Gasteiger partial charge is 0.462 e. The lowest BCUT2D eigenvalue weighted by atomic mass is 10.0. The Bertz CT molecular complexity index is 2030. The average molecular weight is 1370 g/mol. The van der Waals surface area contributed by atoms with Crippen molar-refractivity contribution in [3.8, 4) is 0 Å². The van der Waals surface area contributed by atoms with Gasteiger partial charge in [0.25, 0.3) is 0 Å².